The molecule has 0 saturated carbocycles. The molecule has 0 aliphatic rings. The number of hydrogen-bond donors (Lipinski definition) is 3. The fraction of sp³-hybridized carbons (Fsp3) is 0. The number of nitrogen functional groups attached to an aromatic ring is 1. The Balaban J connectivity index is 1.98. The maximum absolute atomic E-state index is 7.68. The van der Waals surface area contributed by atoms with Crippen molar-refractivity contribution < 1.29 is 0 Å². The Morgan fingerprint density at radius 1 is 0.957 bits per heavy atom. The first-order valence-electron chi connectivity index (χ1n) is 7.19. The molecular formula is C19H16ClN3. The standard InChI is InChI=1S/C19H16ClN3/c20-15-7-8-17(18(22)11-15)13-6-9-19(14(10-13)12-21)23-16-4-2-1-3-5-16/h1-12,21,23H,22H2. The maximum Gasteiger partial charge on any atom is 0.0473 e. The minimum Gasteiger partial charge on any atom is -0.398 e. The van der Waals surface area contributed by atoms with Crippen LogP contribution in [0, 0.1) is 5.41 Å². The molecule has 0 aliphatic heterocycles. The van der Waals surface area contributed by atoms with E-state index in [1.54, 1.807) is 6.07 Å². The molecule has 23 heavy (non-hydrogen) atoms. The lowest BCUT2D eigenvalue weighted by Gasteiger charge is -2.12. The molecule has 114 valence electrons. The average molecular weight is 322 g/mol. The largest absolute Gasteiger partial charge is 0.398 e. The predicted octanol–water partition coefficient (Wildman–Crippen LogP) is 5.33. The summed E-state index contributed by atoms with van der Waals surface area (Å²) in [6.07, 6.45) is 1.33. The topological polar surface area (TPSA) is 61.9 Å². The lowest BCUT2D eigenvalue weighted by atomic mass is 10.0. The fourth-order valence-electron chi connectivity index (χ4n) is 2.44. The molecule has 0 fully saturated rings. The van der Waals surface area contributed by atoms with Gasteiger partial charge in [-0.2, -0.15) is 0 Å². The van der Waals surface area contributed by atoms with Crippen molar-refractivity contribution in [3.05, 3.63) is 77.3 Å². The molecule has 3 aromatic carbocycles. The average Bonchev–Trinajstić information content (AvgIpc) is 2.56. The summed E-state index contributed by atoms with van der Waals surface area (Å²) in [7, 11) is 0. The molecular weight excluding hydrogens is 306 g/mol. The van der Waals surface area contributed by atoms with E-state index in [0.29, 0.717) is 10.7 Å². The molecule has 3 aromatic rings. The third-order valence-corrected chi connectivity index (χ3v) is 3.82. The van der Waals surface area contributed by atoms with Crippen molar-refractivity contribution in [2.24, 2.45) is 0 Å². The third-order valence-electron chi connectivity index (χ3n) is 3.58. The number of benzene rings is 3. The Morgan fingerprint density at radius 2 is 1.74 bits per heavy atom. The van der Waals surface area contributed by atoms with Gasteiger partial charge < -0.3 is 16.5 Å². The second kappa shape index (κ2) is 6.55. The number of rotatable bonds is 4. The van der Waals surface area contributed by atoms with E-state index in [1.807, 2.05) is 60.7 Å². The van der Waals surface area contributed by atoms with E-state index in [2.05, 4.69) is 5.32 Å². The summed E-state index contributed by atoms with van der Waals surface area (Å²) in [5, 5.41) is 11.6. The van der Waals surface area contributed by atoms with Crippen molar-refractivity contribution in [1.82, 2.24) is 0 Å². The van der Waals surface area contributed by atoms with Crippen molar-refractivity contribution in [3.8, 4) is 11.1 Å². The first-order valence-corrected chi connectivity index (χ1v) is 7.57. The SMILES string of the molecule is N=Cc1cc(-c2ccc(Cl)cc2N)ccc1Nc1ccccc1. The smallest absolute Gasteiger partial charge is 0.0473 e. The van der Waals surface area contributed by atoms with Crippen molar-refractivity contribution >= 4 is 34.9 Å². The summed E-state index contributed by atoms with van der Waals surface area (Å²) in [5.41, 5.74) is 11.2. The number of anilines is 3. The van der Waals surface area contributed by atoms with Gasteiger partial charge in [0.2, 0.25) is 0 Å². The molecule has 4 N–H and O–H groups in total. The van der Waals surface area contributed by atoms with E-state index in [1.165, 1.54) is 6.21 Å². The third kappa shape index (κ3) is 3.35. The maximum atomic E-state index is 7.68. The molecule has 0 amide bonds. The highest BCUT2D eigenvalue weighted by atomic mass is 35.5. The molecule has 0 spiro atoms. The lowest BCUT2D eigenvalue weighted by Crippen LogP contribution is -1.97. The molecule has 0 heterocycles. The van der Waals surface area contributed by atoms with Crippen LogP contribution in [0.2, 0.25) is 5.02 Å². The molecule has 0 radical (unpaired) electrons. The number of hydrogen-bond acceptors (Lipinski definition) is 3. The first kappa shape index (κ1) is 15.1. The van der Waals surface area contributed by atoms with E-state index in [-0.39, 0.29) is 0 Å². The minimum absolute atomic E-state index is 0.612. The normalized spacial score (nSPS) is 10.3. The van der Waals surface area contributed by atoms with Crippen LogP contribution in [0.4, 0.5) is 17.1 Å². The summed E-state index contributed by atoms with van der Waals surface area (Å²) in [5.74, 6) is 0. The predicted molar refractivity (Wildman–Crippen MR) is 98.9 cm³/mol. The number of para-hydroxylation sites is 1. The summed E-state index contributed by atoms with van der Waals surface area (Å²) in [6.45, 7) is 0. The second-order valence-electron chi connectivity index (χ2n) is 5.17. The first-order chi connectivity index (χ1) is 11.2. The van der Waals surface area contributed by atoms with Crippen molar-refractivity contribution in [3.63, 3.8) is 0 Å². The van der Waals surface area contributed by atoms with Crippen LogP contribution < -0.4 is 11.1 Å². The number of nitrogens with one attached hydrogen (secondary N) is 2. The molecule has 0 aromatic heterocycles. The minimum atomic E-state index is 0.612. The lowest BCUT2D eigenvalue weighted by molar-refractivity contribution is 1.49. The Hall–Kier alpha value is -2.78. The van der Waals surface area contributed by atoms with Crippen LogP contribution >= 0.6 is 11.6 Å². The zero-order chi connectivity index (χ0) is 16.2. The monoisotopic (exact) mass is 321 g/mol. The van der Waals surface area contributed by atoms with Crippen LogP contribution in [0.3, 0.4) is 0 Å². The molecule has 0 atom stereocenters. The molecule has 3 nitrogen and oxygen atoms in total. The highest BCUT2D eigenvalue weighted by Gasteiger charge is 2.07. The Bertz CT molecular complexity index is 844. The highest BCUT2D eigenvalue weighted by Crippen LogP contribution is 2.31. The zero-order valence-electron chi connectivity index (χ0n) is 12.4. The highest BCUT2D eigenvalue weighted by molar-refractivity contribution is 6.31. The summed E-state index contributed by atoms with van der Waals surface area (Å²) in [4.78, 5) is 0. The van der Waals surface area contributed by atoms with Gasteiger partial charge in [0, 0.05) is 39.4 Å². The van der Waals surface area contributed by atoms with E-state index in [9.17, 15) is 0 Å². The van der Waals surface area contributed by atoms with E-state index in [0.717, 1.165) is 28.1 Å². The molecule has 0 bridgehead atoms. The van der Waals surface area contributed by atoms with Crippen molar-refractivity contribution in [2.45, 2.75) is 0 Å². The van der Waals surface area contributed by atoms with Gasteiger partial charge in [-0.25, -0.2) is 0 Å². The molecule has 0 unspecified atom stereocenters. The van der Waals surface area contributed by atoms with E-state index < -0.39 is 0 Å². The molecule has 0 aliphatic carbocycles. The summed E-state index contributed by atoms with van der Waals surface area (Å²) in [6, 6.07) is 21.2. The second-order valence-corrected chi connectivity index (χ2v) is 5.61. The molecule has 0 saturated heterocycles. The molecule has 3 rings (SSSR count). The molecule has 4 heteroatoms. The van der Waals surface area contributed by atoms with Crippen molar-refractivity contribution in [2.75, 3.05) is 11.1 Å². The van der Waals surface area contributed by atoms with Gasteiger partial charge in [-0.3, -0.25) is 0 Å². The van der Waals surface area contributed by atoms with Crippen LogP contribution in [-0.2, 0) is 0 Å². The zero-order valence-corrected chi connectivity index (χ0v) is 13.1. The van der Waals surface area contributed by atoms with Gasteiger partial charge in [0.15, 0.2) is 0 Å². The number of halogens is 1. The fourth-order valence-corrected chi connectivity index (χ4v) is 2.62. The van der Waals surface area contributed by atoms with Crippen LogP contribution in [-0.4, -0.2) is 6.21 Å². The summed E-state index contributed by atoms with van der Waals surface area (Å²) < 4.78 is 0. The van der Waals surface area contributed by atoms with Gasteiger partial charge in [0.25, 0.3) is 0 Å². The van der Waals surface area contributed by atoms with Crippen LogP contribution in [0.5, 0.6) is 0 Å². The van der Waals surface area contributed by atoms with Crippen LogP contribution in [0.1, 0.15) is 5.56 Å². The van der Waals surface area contributed by atoms with Gasteiger partial charge in [-0.15, -0.1) is 0 Å². The van der Waals surface area contributed by atoms with Crippen LogP contribution in [0.15, 0.2) is 66.7 Å². The van der Waals surface area contributed by atoms with Gasteiger partial charge in [0.1, 0.15) is 0 Å². The Kier molecular flexibility index (Phi) is 4.31. The van der Waals surface area contributed by atoms with Gasteiger partial charge in [-0.05, 0) is 42.0 Å². The van der Waals surface area contributed by atoms with E-state index in [4.69, 9.17) is 22.7 Å². The Labute approximate surface area is 140 Å². The Morgan fingerprint density at radius 3 is 2.43 bits per heavy atom. The van der Waals surface area contributed by atoms with Crippen LogP contribution in [0.25, 0.3) is 11.1 Å². The van der Waals surface area contributed by atoms with Gasteiger partial charge in [-0.1, -0.05) is 41.9 Å². The van der Waals surface area contributed by atoms with Gasteiger partial charge in [0.05, 0.1) is 0 Å². The number of nitrogens with two attached hydrogens (primary N) is 1. The quantitative estimate of drug-likeness (QED) is 0.449. The summed E-state index contributed by atoms with van der Waals surface area (Å²) >= 11 is 5.95. The van der Waals surface area contributed by atoms with E-state index >= 15 is 0 Å². The van der Waals surface area contributed by atoms with Crippen molar-refractivity contribution in [1.29, 1.82) is 5.41 Å². The van der Waals surface area contributed by atoms with Gasteiger partial charge >= 0.3 is 0 Å².